The fourth-order valence-corrected chi connectivity index (χ4v) is 2.44. The van der Waals surface area contributed by atoms with E-state index in [-0.39, 0.29) is 24.5 Å². The monoisotopic (exact) mass is 257 g/mol. The molecule has 106 valence electrons. The van der Waals surface area contributed by atoms with Gasteiger partial charge < -0.3 is 15.6 Å². The molecule has 4 nitrogen and oxygen atoms in total. The second-order valence-electron chi connectivity index (χ2n) is 5.81. The van der Waals surface area contributed by atoms with Gasteiger partial charge in [0.1, 0.15) is 6.10 Å². The van der Waals surface area contributed by atoms with Gasteiger partial charge in [-0.25, -0.2) is 0 Å². The summed E-state index contributed by atoms with van der Waals surface area (Å²) >= 11 is 0. The van der Waals surface area contributed by atoms with E-state index in [1.807, 2.05) is 13.8 Å². The number of rotatable bonds is 6. The first-order valence-corrected chi connectivity index (χ1v) is 7.12. The van der Waals surface area contributed by atoms with Crippen LogP contribution in [0.3, 0.4) is 0 Å². The first-order valence-electron chi connectivity index (χ1n) is 7.12. The highest BCUT2D eigenvalue weighted by atomic mass is 16.5. The number of aliphatic hydroxyl groups is 1. The van der Waals surface area contributed by atoms with Crippen molar-refractivity contribution in [2.75, 3.05) is 0 Å². The number of carbonyl (C=O) groups excluding carboxylic acids is 1. The Labute approximate surface area is 110 Å². The topological polar surface area (TPSA) is 72.5 Å². The average Bonchev–Trinajstić information content (AvgIpc) is 2.29. The minimum absolute atomic E-state index is 0.0182. The standard InChI is InChI=1S/C14H27NO3/c1-10(2)8-12(15)13(16)9-14(17)18-11-6-4-3-5-7-11/h10-13,16H,3-9,15H2,1-2H3/t12?,13-/m0/s1. The Kier molecular flexibility index (Phi) is 6.65. The quantitative estimate of drug-likeness (QED) is 0.714. The molecule has 4 heteroatoms. The van der Waals surface area contributed by atoms with Crippen molar-refractivity contribution in [1.29, 1.82) is 0 Å². The van der Waals surface area contributed by atoms with Gasteiger partial charge in [0.25, 0.3) is 0 Å². The highest BCUT2D eigenvalue weighted by Crippen LogP contribution is 2.21. The Morgan fingerprint density at radius 3 is 2.50 bits per heavy atom. The largest absolute Gasteiger partial charge is 0.462 e. The van der Waals surface area contributed by atoms with Gasteiger partial charge in [0.05, 0.1) is 12.5 Å². The summed E-state index contributed by atoms with van der Waals surface area (Å²) in [6.45, 7) is 4.10. The van der Waals surface area contributed by atoms with Crippen LogP contribution in [0.1, 0.15) is 58.8 Å². The molecule has 18 heavy (non-hydrogen) atoms. The summed E-state index contributed by atoms with van der Waals surface area (Å²) in [6.07, 6.45) is 5.42. The molecular formula is C14H27NO3. The van der Waals surface area contributed by atoms with Crippen molar-refractivity contribution in [3.63, 3.8) is 0 Å². The Morgan fingerprint density at radius 2 is 1.94 bits per heavy atom. The van der Waals surface area contributed by atoms with Gasteiger partial charge in [-0.3, -0.25) is 4.79 Å². The number of hydrogen-bond donors (Lipinski definition) is 2. The normalized spacial score (nSPS) is 20.7. The van der Waals surface area contributed by atoms with Gasteiger partial charge in [0.2, 0.25) is 0 Å². The second-order valence-corrected chi connectivity index (χ2v) is 5.81. The summed E-state index contributed by atoms with van der Waals surface area (Å²) in [7, 11) is 0. The molecule has 3 N–H and O–H groups in total. The highest BCUT2D eigenvalue weighted by Gasteiger charge is 2.23. The maximum atomic E-state index is 11.7. The van der Waals surface area contributed by atoms with E-state index in [0.717, 1.165) is 32.1 Å². The van der Waals surface area contributed by atoms with Crippen LogP contribution in [0.15, 0.2) is 0 Å². The summed E-state index contributed by atoms with van der Waals surface area (Å²) in [5, 5.41) is 9.84. The van der Waals surface area contributed by atoms with Gasteiger partial charge in [0.15, 0.2) is 0 Å². The van der Waals surface area contributed by atoms with Gasteiger partial charge in [-0.05, 0) is 38.0 Å². The van der Waals surface area contributed by atoms with E-state index in [2.05, 4.69) is 0 Å². The first-order chi connectivity index (χ1) is 8.49. The molecule has 0 heterocycles. The zero-order valence-corrected chi connectivity index (χ0v) is 11.6. The van der Waals surface area contributed by atoms with E-state index in [4.69, 9.17) is 10.5 Å². The summed E-state index contributed by atoms with van der Waals surface area (Å²) in [5.74, 6) is 0.109. The van der Waals surface area contributed by atoms with Gasteiger partial charge in [-0.2, -0.15) is 0 Å². The number of ether oxygens (including phenoxy) is 1. The zero-order valence-electron chi connectivity index (χ0n) is 11.6. The molecule has 0 bridgehead atoms. The molecule has 1 rings (SSSR count). The molecule has 1 aliphatic carbocycles. The molecule has 1 fully saturated rings. The summed E-state index contributed by atoms with van der Waals surface area (Å²) in [4.78, 5) is 11.7. The predicted octanol–water partition coefficient (Wildman–Crippen LogP) is 1.99. The Bertz CT molecular complexity index is 249. The van der Waals surface area contributed by atoms with Crippen molar-refractivity contribution < 1.29 is 14.6 Å². The number of esters is 1. The summed E-state index contributed by atoms with van der Waals surface area (Å²) in [5.41, 5.74) is 5.84. The van der Waals surface area contributed by atoms with E-state index in [1.165, 1.54) is 6.42 Å². The van der Waals surface area contributed by atoms with Gasteiger partial charge in [-0.1, -0.05) is 20.3 Å². The minimum Gasteiger partial charge on any atom is -0.462 e. The molecular weight excluding hydrogens is 230 g/mol. The van der Waals surface area contributed by atoms with Crippen LogP contribution in [0, 0.1) is 5.92 Å². The summed E-state index contributed by atoms with van der Waals surface area (Å²) in [6, 6.07) is -0.344. The van der Waals surface area contributed by atoms with E-state index >= 15 is 0 Å². The Morgan fingerprint density at radius 1 is 1.33 bits per heavy atom. The maximum absolute atomic E-state index is 11.7. The molecule has 0 radical (unpaired) electrons. The van der Waals surface area contributed by atoms with E-state index in [9.17, 15) is 9.90 Å². The van der Waals surface area contributed by atoms with E-state index in [0.29, 0.717) is 5.92 Å². The minimum atomic E-state index is -0.788. The fourth-order valence-electron chi connectivity index (χ4n) is 2.44. The van der Waals surface area contributed by atoms with Crippen molar-refractivity contribution in [3.05, 3.63) is 0 Å². The number of carbonyl (C=O) groups is 1. The second kappa shape index (κ2) is 7.74. The molecule has 0 spiro atoms. The van der Waals surface area contributed by atoms with Crippen LogP contribution in [0.4, 0.5) is 0 Å². The lowest BCUT2D eigenvalue weighted by Gasteiger charge is -2.24. The number of aliphatic hydroxyl groups excluding tert-OH is 1. The van der Waals surface area contributed by atoms with Gasteiger partial charge >= 0.3 is 5.97 Å². The molecule has 2 atom stereocenters. The molecule has 1 aliphatic rings. The lowest BCUT2D eigenvalue weighted by atomic mass is 9.97. The van der Waals surface area contributed by atoms with Crippen LogP contribution < -0.4 is 5.73 Å². The predicted molar refractivity (Wildman–Crippen MR) is 71.0 cm³/mol. The van der Waals surface area contributed by atoms with E-state index in [1.54, 1.807) is 0 Å². The van der Waals surface area contributed by atoms with Gasteiger partial charge in [-0.15, -0.1) is 0 Å². The van der Waals surface area contributed by atoms with Crippen molar-refractivity contribution in [2.45, 2.75) is 77.0 Å². The molecule has 0 aromatic rings. The lowest BCUT2D eigenvalue weighted by Crippen LogP contribution is -2.38. The van der Waals surface area contributed by atoms with Crippen LogP contribution in [0.25, 0.3) is 0 Å². The zero-order chi connectivity index (χ0) is 13.5. The third kappa shape index (κ3) is 5.83. The van der Waals surface area contributed by atoms with Crippen molar-refractivity contribution in [3.8, 4) is 0 Å². The lowest BCUT2D eigenvalue weighted by molar-refractivity contribution is -0.153. The van der Waals surface area contributed by atoms with Crippen LogP contribution in [0.2, 0.25) is 0 Å². The van der Waals surface area contributed by atoms with Crippen molar-refractivity contribution in [2.24, 2.45) is 11.7 Å². The van der Waals surface area contributed by atoms with Crippen LogP contribution in [0.5, 0.6) is 0 Å². The average molecular weight is 257 g/mol. The molecule has 0 aliphatic heterocycles. The SMILES string of the molecule is CC(C)CC(N)[C@@H](O)CC(=O)OC1CCCCC1. The first kappa shape index (κ1) is 15.4. The molecule has 0 saturated heterocycles. The Hall–Kier alpha value is -0.610. The molecule has 1 saturated carbocycles. The van der Waals surface area contributed by atoms with Crippen LogP contribution >= 0.6 is 0 Å². The molecule has 1 unspecified atom stereocenters. The maximum Gasteiger partial charge on any atom is 0.308 e. The highest BCUT2D eigenvalue weighted by molar-refractivity contribution is 5.70. The molecule has 0 amide bonds. The van der Waals surface area contributed by atoms with Gasteiger partial charge in [0, 0.05) is 6.04 Å². The third-order valence-electron chi connectivity index (χ3n) is 3.46. The number of hydrogen-bond acceptors (Lipinski definition) is 4. The van der Waals surface area contributed by atoms with E-state index < -0.39 is 6.10 Å². The van der Waals surface area contributed by atoms with Crippen LogP contribution in [-0.2, 0) is 9.53 Å². The fraction of sp³-hybridized carbons (Fsp3) is 0.929. The van der Waals surface area contributed by atoms with Crippen molar-refractivity contribution in [1.82, 2.24) is 0 Å². The summed E-state index contributed by atoms with van der Waals surface area (Å²) < 4.78 is 5.36. The smallest absolute Gasteiger partial charge is 0.308 e. The van der Waals surface area contributed by atoms with Crippen molar-refractivity contribution >= 4 is 5.97 Å². The number of nitrogens with two attached hydrogens (primary N) is 1. The molecule has 0 aromatic heterocycles. The Balaban J connectivity index is 2.25. The van der Waals surface area contributed by atoms with Crippen LogP contribution in [-0.4, -0.2) is 29.3 Å². The third-order valence-corrected chi connectivity index (χ3v) is 3.46. The molecule has 0 aromatic carbocycles.